The van der Waals surface area contributed by atoms with Crippen LogP contribution >= 0.6 is 0 Å². The van der Waals surface area contributed by atoms with Crippen molar-refractivity contribution in [3.05, 3.63) is 138 Å². The van der Waals surface area contributed by atoms with E-state index in [-0.39, 0.29) is 0 Å². The highest BCUT2D eigenvalue weighted by Gasteiger charge is 2.47. The van der Waals surface area contributed by atoms with E-state index >= 15 is 0 Å². The van der Waals surface area contributed by atoms with E-state index in [0.717, 1.165) is 33.8 Å². The zero-order chi connectivity index (χ0) is 31.9. The average molecular weight is 617 g/mol. The van der Waals surface area contributed by atoms with Gasteiger partial charge in [0, 0.05) is 50.7 Å². The molecule has 0 radical (unpaired) electrons. The summed E-state index contributed by atoms with van der Waals surface area (Å²) in [5.74, 6) is 1.29. The van der Waals surface area contributed by atoms with Gasteiger partial charge in [0.2, 0.25) is 0 Å². The van der Waals surface area contributed by atoms with Gasteiger partial charge in [0.25, 0.3) is 5.60 Å². The fraction of sp³-hybridized carbons (Fsp3) is 0.200. The molecule has 1 atom stereocenters. The van der Waals surface area contributed by atoms with Crippen molar-refractivity contribution in [3.63, 3.8) is 0 Å². The summed E-state index contributed by atoms with van der Waals surface area (Å²) in [5.41, 5.74) is 3.75. The maximum atomic E-state index is 12.3. The molecule has 0 amide bonds. The molecule has 0 N–H and O–H groups in total. The van der Waals surface area contributed by atoms with Crippen LogP contribution in [0.1, 0.15) is 22.3 Å². The standard InChI is InChI=1S/C35H37ClN2O6/c1-37(2)30-17-9-26(10-18-30)34(27-11-21-32(42-5)22-12-27)8-7-25-35(44-36(39,40)41,29-15-23-33(43-6)24-16-29)28-13-19-31(20-14-28)38(3)4/h7-25H,1-6H3. The lowest BCUT2D eigenvalue weighted by atomic mass is 9.85. The molecule has 4 aromatic rings. The maximum Gasteiger partial charge on any atom is 0.292 e. The highest BCUT2D eigenvalue weighted by atomic mass is 35.7. The van der Waals surface area contributed by atoms with Gasteiger partial charge in [0.05, 0.1) is 28.8 Å². The van der Waals surface area contributed by atoms with E-state index in [2.05, 4.69) is 0 Å². The molecule has 0 heterocycles. The minimum Gasteiger partial charge on any atom is -0.497 e. The first-order valence-corrected chi connectivity index (χ1v) is 15.0. The Labute approximate surface area is 261 Å². The van der Waals surface area contributed by atoms with Crippen LogP contribution in [0.2, 0.25) is 0 Å². The summed E-state index contributed by atoms with van der Waals surface area (Å²) in [6.07, 6.45) is 5.17. The zero-order valence-corrected chi connectivity index (χ0v) is 26.4. The summed E-state index contributed by atoms with van der Waals surface area (Å²) < 4.78 is 52.9. The quantitative estimate of drug-likeness (QED) is 0.222. The third-order valence-electron chi connectivity index (χ3n) is 7.24. The highest BCUT2D eigenvalue weighted by Crippen LogP contribution is 2.39. The first-order valence-electron chi connectivity index (χ1n) is 13.8. The monoisotopic (exact) mass is 616 g/mol. The first kappa shape index (κ1) is 32.6. The molecule has 9 heteroatoms. The number of hydrogen-bond acceptors (Lipinski definition) is 8. The van der Waals surface area contributed by atoms with Crippen LogP contribution < -0.4 is 33.3 Å². The van der Waals surface area contributed by atoms with Gasteiger partial charge in [-0.15, -0.1) is 0 Å². The van der Waals surface area contributed by atoms with Crippen molar-refractivity contribution in [2.24, 2.45) is 0 Å². The average Bonchev–Trinajstić information content (AvgIpc) is 3.02. The highest BCUT2D eigenvalue weighted by molar-refractivity contribution is 5.81. The smallest absolute Gasteiger partial charge is 0.292 e. The molecule has 4 aromatic carbocycles. The SMILES string of the molecule is COc1ccc(C(=CC=CC(O[Cl+3]([O-])([O-])[O-])(c2ccc(OC)cc2)c2ccc(N(C)C)cc2)c2ccc(N(C)C)cc2)cc1. The van der Waals surface area contributed by atoms with Gasteiger partial charge in [-0.2, -0.15) is 14.0 Å². The summed E-state index contributed by atoms with van der Waals surface area (Å²) in [6.45, 7) is 0. The number of halogens is 1. The number of benzene rings is 4. The minimum atomic E-state index is -4.85. The molecule has 0 aliphatic heterocycles. The number of methoxy groups -OCH3 is 2. The van der Waals surface area contributed by atoms with Gasteiger partial charge >= 0.3 is 0 Å². The predicted octanol–water partition coefficient (Wildman–Crippen LogP) is 3.68. The Morgan fingerprint density at radius 2 is 1.00 bits per heavy atom. The van der Waals surface area contributed by atoms with Gasteiger partial charge in [-0.25, -0.2) is 0 Å². The summed E-state index contributed by atoms with van der Waals surface area (Å²) in [4.78, 5) is 3.94. The van der Waals surface area contributed by atoms with Crippen molar-refractivity contribution in [2.45, 2.75) is 5.60 Å². The molecule has 4 rings (SSSR count). The summed E-state index contributed by atoms with van der Waals surface area (Å²) in [7, 11) is 6.06. The first-order chi connectivity index (χ1) is 21.0. The Hall–Kier alpha value is -4.31. The number of allylic oxidation sites excluding steroid dienone is 2. The van der Waals surface area contributed by atoms with Crippen molar-refractivity contribution in [3.8, 4) is 11.5 Å². The molecule has 0 fully saturated rings. The Balaban J connectivity index is 1.92. The Bertz CT molecular complexity index is 1560. The van der Waals surface area contributed by atoms with Crippen molar-refractivity contribution >= 4 is 16.9 Å². The van der Waals surface area contributed by atoms with Gasteiger partial charge in [0.1, 0.15) is 11.5 Å². The number of nitrogens with zero attached hydrogens (tertiary/aromatic N) is 2. The lowest BCUT2D eigenvalue weighted by molar-refractivity contribution is -1.92. The van der Waals surface area contributed by atoms with E-state index in [0.29, 0.717) is 16.9 Å². The fourth-order valence-electron chi connectivity index (χ4n) is 4.82. The molecule has 0 aliphatic rings. The van der Waals surface area contributed by atoms with Crippen LogP contribution in [0.15, 0.2) is 115 Å². The number of anilines is 2. The second kappa shape index (κ2) is 14.0. The van der Waals surface area contributed by atoms with Crippen molar-refractivity contribution < 1.29 is 38.0 Å². The molecule has 1 unspecified atom stereocenters. The third kappa shape index (κ3) is 7.79. The zero-order valence-electron chi connectivity index (χ0n) is 25.7. The molecule has 0 spiro atoms. The van der Waals surface area contributed by atoms with Crippen LogP contribution in [0.3, 0.4) is 0 Å². The fourth-order valence-corrected chi connectivity index (χ4v) is 5.35. The van der Waals surface area contributed by atoms with Crippen LogP contribution in [-0.2, 0) is 9.89 Å². The van der Waals surface area contributed by atoms with Crippen LogP contribution in [-0.4, -0.2) is 42.4 Å². The second-order valence-corrected chi connectivity index (χ2v) is 11.4. The van der Waals surface area contributed by atoms with Crippen LogP contribution in [0.4, 0.5) is 11.4 Å². The van der Waals surface area contributed by atoms with E-state index < -0.39 is 15.8 Å². The predicted molar refractivity (Wildman–Crippen MR) is 166 cm³/mol. The van der Waals surface area contributed by atoms with Crippen molar-refractivity contribution in [1.29, 1.82) is 0 Å². The van der Waals surface area contributed by atoms with E-state index in [1.807, 2.05) is 105 Å². The number of rotatable bonds is 12. The largest absolute Gasteiger partial charge is 0.497 e. The Morgan fingerprint density at radius 3 is 1.41 bits per heavy atom. The van der Waals surface area contributed by atoms with Crippen molar-refractivity contribution in [1.82, 2.24) is 0 Å². The maximum absolute atomic E-state index is 12.3. The van der Waals surface area contributed by atoms with Gasteiger partial charge < -0.3 is 19.3 Å². The Kier molecular flexibility index (Phi) is 10.4. The molecule has 0 aliphatic carbocycles. The summed E-state index contributed by atoms with van der Waals surface area (Å²) in [5, 5.41) is 0. The molecular weight excluding hydrogens is 580 g/mol. The lowest BCUT2D eigenvalue weighted by Gasteiger charge is -2.28. The Morgan fingerprint density at radius 1 is 0.614 bits per heavy atom. The molecule has 0 aromatic heterocycles. The van der Waals surface area contributed by atoms with E-state index in [1.165, 1.54) is 7.11 Å². The van der Waals surface area contributed by atoms with Crippen molar-refractivity contribution in [2.75, 3.05) is 52.2 Å². The lowest BCUT2D eigenvalue weighted by Crippen LogP contribution is -2.63. The van der Waals surface area contributed by atoms with Gasteiger partial charge in [-0.1, -0.05) is 60.7 Å². The second-order valence-electron chi connectivity index (χ2n) is 10.5. The van der Waals surface area contributed by atoms with Crippen LogP contribution in [0.25, 0.3) is 5.57 Å². The molecule has 0 saturated heterocycles. The molecule has 44 heavy (non-hydrogen) atoms. The van der Waals surface area contributed by atoms with Gasteiger partial charge in [-0.3, -0.25) is 0 Å². The number of ether oxygens (including phenoxy) is 2. The van der Waals surface area contributed by atoms with E-state index in [4.69, 9.17) is 13.8 Å². The topological polar surface area (TPSA) is 103 Å². The molecule has 8 nitrogen and oxygen atoms in total. The van der Waals surface area contributed by atoms with E-state index in [9.17, 15) is 14.0 Å². The normalized spacial score (nSPS) is 13.4. The molecular formula is C35H37ClN2O6. The molecule has 0 saturated carbocycles. The summed E-state index contributed by atoms with van der Waals surface area (Å²) in [6, 6.07) is 29.7. The minimum absolute atomic E-state index is 0.425. The number of hydrogen-bond donors (Lipinski definition) is 0. The van der Waals surface area contributed by atoms with Crippen LogP contribution in [0, 0.1) is 10.2 Å². The van der Waals surface area contributed by atoms with Gasteiger partial charge in [0.15, 0.2) is 0 Å². The van der Waals surface area contributed by atoms with Crippen LogP contribution in [0.5, 0.6) is 11.5 Å². The molecule has 230 valence electrons. The third-order valence-corrected chi connectivity index (χ3v) is 7.67. The van der Waals surface area contributed by atoms with Gasteiger partial charge in [-0.05, 0) is 71.3 Å². The van der Waals surface area contributed by atoms with E-state index in [1.54, 1.807) is 55.7 Å². The molecule has 0 bridgehead atoms. The summed E-state index contributed by atoms with van der Waals surface area (Å²) >= 11 is 0.